The van der Waals surface area contributed by atoms with Gasteiger partial charge < -0.3 is 14.5 Å². The van der Waals surface area contributed by atoms with Crippen LogP contribution in [0.4, 0.5) is 0 Å². The summed E-state index contributed by atoms with van der Waals surface area (Å²) in [5, 5.41) is 0.510. The van der Waals surface area contributed by atoms with Gasteiger partial charge in [0.15, 0.2) is 6.10 Å². The lowest BCUT2D eigenvalue weighted by Crippen LogP contribution is -2.25. The summed E-state index contributed by atoms with van der Waals surface area (Å²) in [6, 6.07) is 6.33. The zero-order chi connectivity index (χ0) is 19.4. The van der Waals surface area contributed by atoms with E-state index in [0.29, 0.717) is 21.8 Å². The van der Waals surface area contributed by atoms with Crippen LogP contribution in [0.5, 0.6) is 0 Å². The smallest absolute Gasteiger partial charge is 0.355 e. The number of ether oxygens (including phenoxy) is 2. The summed E-state index contributed by atoms with van der Waals surface area (Å²) in [6.07, 6.45) is -0.983. The van der Waals surface area contributed by atoms with Crippen LogP contribution >= 0.6 is 11.6 Å². The van der Waals surface area contributed by atoms with Crippen molar-refractivity contribution < 1.29 is 23.9 Å². The van der Waals surface area contributed by atoms with E-state index in [0.717, 1.165) is 0 Å². The lowest BCUT2D eigenvalue weighted by Gasteiger charge is -2.13. The molecular formula is C19H20ClNO5. The van der Waals surface area contributed by atoms with Gasteiger partial charge in [0.25, 0.3) is 0 Å². The molecule has 7 heteroatoms. The van der Waals surface area contributed by atoms with Crippen molar-refractivity contribution in [3.8, 4) is 0 Å². The van der Waals surface area contributed by atoms with Crippen LogP contribution < -0.4 is 0 Å². The topological polar surface area (TPSA) is 85.5 Å². The van der Waals surface area contributed by atoms with Crippen molar-refractivity contribution in [2.45, 2.75) is 33.8 Å². The van der Waals surface area contributed by atoms with Gasteiger partial charge in [-0.1, -0.05) is 11.6 Å². The maximum Gasteiger partial charge on any atom is 0.355 e. The number of aryl methyl sites for hydroxylation is 1. The fourth-order valence-corrected chi connectivity index (χ4v) is 2.71. The van der Waals surface area contributed by atoms with Gasteiger partial charge in [0.1, 0.15) is 5.69 Å². The molecule has 1 heterocycles. The van der Waals surface area contributed by atoms with Gasteiger partial charge in [-0.3, -0.25) is 4.79 Å². The maximum absolute atomic E-state index is 12.5. The predicted molar refractivity (Wildman–Crippen MR) is 96.9 cm³/mol. The Hall–Kier alpha value is -2.60. The van der Waals surface area contributed by atoms with Crippen molar-refractivity contribution in [1.29, 1.82) is 0 Å². The Balaban J connectivity index is 2.18. The number of Topliss-reactive ketones (excluding diaryl/α,β-unsaturated/α-hetero) is 1. The van der Waals surface area contributed by atoms with E-state index in [4.69, 9.17) is 21.1 Å². The van der Waals surface area contributed by atoms with E-state index in [1.165, 1.54) is 6.92 Å². The van der Waals surface area contributed by atoms with Crippen LogP contribution in [0.2, 0.25) is 5.02 Å². The minimum Gasteiger partial charge on any atom is -0.461 e. The number of esters is 2. The monoisotopic (exact) mass is 377 g/mol. The molecular weight excluding hydrogens is 358 g/mol. The highest BCUT2D eigenvalue weighted by Gasteiger charge is 2.27. The van der Waals surface area contributed by atoms with Crippen LogP contribution in [-0.2, 0) is 9.47 Å². The number of carbonyl (C=O) groups excluding carboxylic acids is 3. The molecule has 0 saturated heterocycles. The second kappa shape index (κ2) is 8.19. The normalized spacial score (nSPS) is 11.7. The van der Waals surface area contributed by atoms with E-state index in [-0.39, 0.29) is 23.6 Å². The van der Waals surface area contributed by atoms with Crippen LogP contribution in [0, 0.1) is 13.8 Å². The molecule has 26 heavy (non-hydrogen) atoms. The number of ketones is 1. The lowest BCUT2D eigenvalue weighted by molar-refractivity contribution is 0.0317. The first kappa shape index (κ1) is 19.7. The molecule has 6 nitrogen and oxygen atoms in total. The van der Waals surface area contributed by atoms with Crippen LogP contribution in [0.1, 0.15) is 56.3 Å². The molecule has 0 aliphatic heterocycles. The third-order valence-corrected chi connectivity index (χ3v) is 4.15. The van der Waals surface area contributed by atoms with Crippen molar-refractivity contribution in [2.24, 2.45) is 0 Å². The first-order valence-corrected chi connectivity index (χ1v) is 8.51. The van der Waals surface area contributed by atoms with E-state index in [9.17, 15) is 14.4 Å². The molecule has 138 valence electrons. The number of H-pyrrole nitrogens is 1. The molecule has 0 unspecified atom stereocenters. The largest absolute Gasteiger partial charge is 0.461 e. The number of hydrogen-bond donors (Lipinski definition) is 1. The van der Waals surface area contributed by atoms with Crippen molar-refractivity contribution >= 4 is 29.3 Å². The van der Waals surface area contributed by atoms with Gasteiger partial charge in [-0.25, -0.2) is 9.59 Å². The molecule has 0 aliphatic rings. The Morgan fingerprint density at radius 2 is 1.73 bits per heavy atom. The number of rotatable bonds is 6. The van der Waals surface area contributed by atoms with E-state index >= 15 is 0 Å². The highest BCUT2D eigenvalue weighted by atomic mass is 35.5. The fraction of sp³-hybridized carbons (Fsp3) is 0.316. The number of halogens is 1. The number of hydrogen-bond acceptors (Lipinski definition) is 5. The Morgan fingerprint density at radius 3 is 2.31 bits per heavy atom. The standard InChI is InChI=1S/C19H20ClNO5/c1-5-25-19(24)16-10(2)15(11(3)21-16)18(23)26-12(4)17(22)13-6-8-14(20)9-7-13/h6-9,12,21H,5H2,1-4H3/t12-/m1/s1. The van der Waals surface area contributed by atoms with Gasteiger partial charge in [-0.2, -0.15) is 0 Å². The van der Waals surface area contributed by atoms with Crippen LogP contribution in [0.15, 0.2) is 24.3 Å². The summed E-state index contributed by atoms with van der Waals surface area (Å²) in [7, 11) is 0. The molecule has 0 aliphatic carbocycles. The Labute approximate surface area is 156 Å². The van der Waals surface area contributed by atoms with Gasteiger partial charge in [0, 0.05) is 16.3 Å². The van der Waals surface area contributed by atoms with E-state index in [1.807, 2.05) is 0 Å². The number of nitrogens with one attached hydrogen (secondary N) is 1. The molecule has 0 spiro atoms. The van der Waals surface area contributed by atoms with Crippen molar-refractivity contribution in [1.82, 2.24) is 4.98 Å². The highest BCUT2D eigenvalue weighted by Crippen LogP contribution is 2.21. The summed E-state index contributed by atoms with van der Waals surface area (Å²) < 4.78 is 10.3. The van der Waals surface area contributed by atoms with Gasteiger partial charge >= 0.3 is 11.9 Å². The molecule has 1 aromatic heterocycles. The number of aromatic amines is 1. The fourth-order valence-electron chi connectivity index (χ4n) is 2.59. The summed E-state index contributed by atoms with van der Waals surface area (Å²) >= 11 is 5.81. The van der Waals surface area contributed by atoms with Gasteiger partial charge in [-0.15, -0.1) is 0 Å². The Morgan fingerprint density at radius 1 is 1.12 bits per heavy atom. The second-order valence-electron chi connectivity index (χ2n) is 5.76. The third kappa shape index (κ3) is 4.14. The minimum absolute atomic E-state index is 0.202. The van der Waals surface area contributed by atoms with Crippen molar-refractivity contribution in [3.63, 3.8) is 0 Å². The van der Waals surface area contributed by atoms with Gasteiger partial charge in [0.2, 0.25) is 5.78 Å². The highest BCUT2D eigenvalue weighted by molar-refractivity contribution is 6.30. The van der Waals surface area contributed by atoms with Crippen molar-refractivity contribution in [3.05, 3.63) is 57.4 Å². The molecule has 1 aromatic carbocycles. The molecule has 0 amide bonds. The summed E-state index contributed by atoms with van der Waals surface area (Å²) in [4.78, 5) is 39.7. The minimum atomic E-state index is -0.983. The molecule has 0 fully saturated rings. The number of aromatic nitrogens is 1. The molecule has 2 rings (SSSR count). The van der Waals surface area contributed by atoms with Gasteiger partial charge in [-0.05, 0) is 57.5 Å². The molecule has 1 atom stereocenters. The molecule has 1 N–H and O–H groups in total. The SMILES string of the molecule is CCOC(=O)c1[nH]c(C)c(C(=O)O[C@H](C)C(=O)c2ccc(Cl)cc2)c1C. The van der Waals surface area contributed by atoms with E-state index < -0.39 is 18.0 Å². The molecule has 0 saturated carbocycles. The summed E-state index contributed by atoms with van der Waals surface area (Å²) in [5.74, 6) is -1.56. The second-order valence-corrected chi connectivity index (χ2v) is 6.20. The first-order valence-electron chi connectivity index (χ1n) is 8.13. The Kier molecular flexibility index (Phi) is 6.21. The number of carbonyl (C=O) groups is 3. The van der Waals surface area contributed by atoms with Crippen molar-refractivity contribution in [2.75, 3.05) is 6.61 Å². The Bertz CT molecular complexity index is 838. The van der Waals surface area contributed by atoms with Crippen LogP contribution in [0.3, 0.4) is 0 Å². The quantitative estimate of drug-likeness (QED) is 0.609. The third-order valence-electron chi connectivity index (χ3n) is 3.90. The number of benzene rings is 1. The maximum atomic E-state index is 12.5. The lowest BCUT2D eigenvalue weighted by atomic mass is 10.1. The molecule has 0 bridgehead atoms. The molecule has 0 radical (unpaired) electrons. The van der Waals surface area contributed by atoms with Crippen LogP contribution in [0.25, 0.3) is 0 Å². The average Bonchev–Trinajstić information content (AvgIpc) is 2.89. The van der Waals surface area contributed by atoms with E-state index in [1.54, 1.807) is 45.0 Å². The predicted octanol–water partition coefficient (Wildman–Crippen LogP) is 3.89. The average molecular weight is 378 g/mol. The summed E-state index contributed by atoms with van der Waals surface area (Å²) in [5.41, 5.74) is 1.72. The molecule has 2 aromatic rings. The zero-order valence-electron chi connectivity index (χ0n) is 15.0. The summed E-state index contributed by atoms with van der Waals surface area (Å²) in [6.45, 7) is 6.69. The van der Waals surface area contributed by atoms with Crippen LogP contribution in [-0.4, -0.2) is 35.4 Å². The van der Waals surface area contributed by atoms with Gasteiger partial charge in [0.05, 0.1) is 12.2 Å². The zero-order valence-corrected chi connectivity index (χ0v) is 15.8. The first-order chi connectivity index (χ1) is 12.3. The van der Waals surface area contributed by atoms with E-state index in [2.05, 4.69) is 4.98 Å².